The number of hydrogen-bond acceptors (Lipinski definition) is 21. The third-order valence-corrected chi connectivity index (χ3v) is 23.0. The predicted octanol–water partition coefficient (Wildman–Crippen LogP) is 19.3. The third kappa shape index (κ3) is 24.4. The number of esters is 2. The van der Waals surface area contributed by atoms with Gasteiger partial charge in [-0.3, -0.25) is 28.8 Å². The zero-order chi connectivity index (χ0) is 96.2. The van der Waals surface area contributed by atoms with Gasteiger partial charge in [-0.15, -0.1) is 0 Å². The number of nitrogens with one attached hydrogen (secondary N) is 5. The molecule has 8 heterocycles. The minimum atomic E-state index is -1.22. The maximum absolute atomic E-state index is 14.4. The van der Waals surface area contributed by atoms with Gasteiger partial charge in [-0.05, 0) is 199 Å². The number of aromatic nitrogens is 9. The summed E-state index contributed by atoms with van der Waals surface area (Å²) in [5.41, 5.74) is 19.6. The van der Waals surface area contributed by atoms with Gasteiger partial charge >= 0.3 is 17.9 Å². The van der Waals surface area contributed by atoms with E-state index in [9.17, 15) is 62.4 Å². The van der Waals surface area contributed by atoms with E-state index in [1.54, 1.807) is 91.3 Å². The number of aliphatic carboxylic acids is 1. The fraction of sp³-hybridized carbons (Fsp3) is 0.257. The molecule has 3 amide bonds. The van der Waals surface area contributed by atoms with Gasteiger partial charge in [-0.25, -0.2) is 43.1 Å². The fourth-order valence-electron chi connectivity index (χ4n) is 17.3. The van der Waals surface area contributed by atoms with Crippen LogP contribution in [0.4, 0.5) is 59.5 Å². The van der Waals surface area contributed by atoms with Crippen molar-refractivity contribution in [3.8, 4) is 67.5 Å². The van der Waals surface area contributed by atoms with Crippen LogP contribution in [0.15, 0.2) is 261 Å². The van der Waals surface area contributed by atoms with E-state index in [-0.39, 0.29) is 79.5 Å². The summed E-state index contributed by atoms with van der Waals surface area (Å²) >= 11 is 0. The lowest BCUT2D eigenvalue weighted by Gasteiger charge is -2.27. The Morgan fingerprint density at radius 2 is 0.728 bits per heavy atom. The number of ether oxygens (including phenoxy) is 2. The molecular weight excluding hydrogens is 1740 g/mol. The van der Waals surface area contributed by atoms with Crippen molar-refractivity contribution in [1.29, 1.82) is 0 Å². The van der Waals surface area contributed by atoms with Crippen molar-refractivity contribution in [2.75, 3.05) is 32.3 Å². The Bertz CT molecular complexity index is 6490. The number of amides is 3. The summed E-state index contributed by atoms with van der Waals surface area (Å²) in [6.07, 6.45) is 0.894. The minimum absolute atomic E-state index is 0.0266. The molecule has 0 spiro atoms. The Balaban J connectivity index is 0.000000164. The van der Waals surface area contributed by atoms with Gasteiger partial charge in [0.25, 0.3) is 17.7 Å². The summed E-state index contributed by atoms with van der Waals surface area (Å²) in [7, 11) is 0. The zero-order valence-electron chi connectivity index (χ0n) is 75.7. The Morgan fingerprint density at radius 1 is 0.419 bits per heavy atom. The normalized spacial score (nSPS) is 15.1. The van der Waals surface area contributed by atoms with Gasteiger partial charge in [0.15, 0.2) is 0 Å². The van der Waals surface area contributed by atoms with Gasteiger partial charge in [0, 0.05) is 126 Å². The minimum Gasteiger partial charge on any atom is -0.481 e. The van der Waals surface area contributed by atoms with Crippen LogP contribution in [-0.2, 0) is 43.5 Å². The third-order valence-electron chi connectivity index (χ3n) is 23.0. The number of nitrogens with zero attached hydrogens (tertiary/aromatic N) is 9. The van der Waals surface area contributed by atoms with Crippen molar-refractivity contribution in [2.24, 2.45) is 0 Å². The summed E-state index contributed by atoms with van der Waals surface area (Å²) < 4.78 is 59.7. The van der Waals surface area contributed by atoms with Crippen molar-refractivity contribution in [3.63, 3.8) is 0 Å². The second-order valence-corrected chi connectivity index (χ2v) is 34.1. The summed E-state index contributed by atoms with van der Waals surface area (Å²) in [5, 5.41) is 66.1. The molecule has 0 aliphatic carbocycles. The van der Waals surface area contributed by atoms with Crippen LogP contribution in [0.1, 0.15) is 165 Å². The molecule has 2 aliphatic heterocycles. The lowest BCUT2D eigenvalue weighted by molar-refractivity contribution is -0.161. The highest BCUT2D eigenvalue weighted by Gasteiger charge is 2.38. The predicted molar refractivity (Wildman–Crippen MR) is 515 cm³/mol. The Labute approximate surface area is 784 Å². The van der Waals surface area contributed by atoms with Crippen LogP contribution in [0.2, 0.25) is 0 Å². The molecule has 12 N–H and O–H groups in total. The van der Waals surface area contributed by atoms with Crippen LogP contribution in [0.5, 0.6) is 0 Å². The maximum atomic E-state index is 14.4. The number of carboxylic acid groups (broad SMARTS) is 1. The summed E-state index contributed by atoms with van der Waals surface area (Å²) in [6.45, 7) is 12.8. The Kier molecular flexibility index (Phi) is 32.0. The number of para-hydroxylation sites is 5. The van der Waals surface area contributed by atoms with Gasteiger partial charge in [0.2, 0.25) is 17.8 Å². The zero-order valence-corrected chi connectivity index (χ0v) is 75.7. The number of carbonyl (C=O) groups is 6. The summed E-state index contributed by atoms with van der Waals surface area (Å²) in [4.78, 5) is 105. The highest BCUT2D eigenvalue weighted by Crippen LogP contribution is 2.47. The van der Waals surface area contributed by atoms with Crippen LogP contribution < -0.4 is 32.3 Å². The number of hydrogen-bond donors (Lipinski definition) is 11. The van der Waals surface area contributed by atoms with Gasteiger partial charge in [0.1, 0.15) is 29.7 Å². The largest absolute Gasteiger partial charge is 0.481 e. The number of aliphatic hydroxyl groups is 4. The van der Waals surface area contributed by atoms with Crippen molar-refractivity contribution < 1.29 is 76.9 Å². The van der Waals surface area contributed by atoms with E-state index >= 15 is 0 Å². The number of benzene rings is 8. The fourth-order valence-corrected chi connectivity index (χ4v) is 17.3. The molecule has 6 aromatic heterocycles. The number of carboxylic acids is 1. The van der Waals surface area contributed by atoms with E-state index in [0.29, 0.717) is 158 Å². The van der Waals surface area contributed by atoms with Gasteiger partial charge in [-0.2, -0.15) is 0 Å². The van der Waals surface area contributed by atoms with Gasteiger partial charge < -0.3 is 81.0 Å². The van der Waals surface area contributed by atoms with Gasteiger partial charge in [0.05, 0.1) is 94.5 Å². The molecule has 28 nitrogen and oxygen atoms in total. The molecule has 136 heavy (non-hydrogen) atoms. The van der Waals surface area contributed by atoms with Crippen molar-refractivity contribution in [1.82, 2.24) is 43.6 Å². The van der Waals surface area contributed by atoms with Crippen LogP contribution in [0.3, 0.4) is 0 Å². The second kappa shape index (κ2) is 44.9. The van der Waals surface area contributed by atoms with E-state index in [1.165, 1.54) is 42.6 Å². The number of cyclic esters (lactones) is 2. The number of aliphatic hydroxyl groups excluding tert-OH is 4. The van der Waals surface area contributed by atoms with Crippen molar-refractivity contribution >= 4 is 81.9 Å². The molecule has 6 atom stereocenters. The highest BCUT2D eigenvalue weighted by molar-refractivity contribution is 6.14. The highest BCUT2D eigenvalue weighted by atomic mass is 19.1. The molecule has 0 bridgehead atoms. The molecule has 16 rings (SSSR count). The average Bonchev–Trinajstić information content (AvgIpc) is 1.60. The number of nitrogens with two attached hydrogens (primary N) is 1. The number of anilines is 8. The number of rotatable bonds is 32. The summed E-state index contributed by atoms with van der Waals surface area (Å²) in [5.74, 6) is -4.07. The van der Waals surface area contributed by atoms with E-state index in [2.05, 4.69) is 46.5 Å². The first-order valence-electron chi connectivity index (χ1n) is 45.0. The Morgan fingerprint density at radius 3 is 1.04 bits per heavy atom. The molecule has 0 unspecified atom stereocenters. The lowest BCUT2D eigenvalue weighted by Crippen LogP contribution is -2.33. The molecule has 14 aromatic rings. The van der Waals surface area contributed by atoms with Crippen LogP contribution >= 0.6 is 0 Å². The number of halogens is 3. The smallest absolute Gasteiger partial charge is 0.308 e. The maximum Gasteiger partial charge on any atom is 0.308 e. The first-order valence-corrected chi connectivity index (χ1v) is 45.0. The molecule has 700 valence electrons. The van der Waals surface area contributed by atoms with Crippen LogP contribution in [0.25, 0.3) is 67.5 Å². The van der Waals surface area contributed by atoms with Crippen molar-refractivity contribution in [3.05, 3.63) is 312 Å². The molecule has 0 saturated carbocycles. The lowest BCUT2D eigenvalue weighted by atomic mass is 9.97. The molecular formula is C105H106F3N15O13. The first-order chi connectivity index (χ1) is 65.6. The quantitative estimate of drug-likeness (QED) is 0.0174. The van der Waals surface area contributed by atoms with E-state index in [1.807, 2.05) is 183 Å². The van der Waals surface area contributed by atoms with E-state index in [4.69, 9.17) is 30.3 Å². The van der Waals surface area contributed by atoms with Crippen molar-refractivity contribution in [2.45, 2.75) is 173 Å². The molecule has 2 fully saturated rings. The second-order valence-electron chi connectivity index (χ2n) is 34.1. The van der Waals surface area contributed by atoms with E-state index in [0.717, 1.165) is 22.8 Å². The van der Waals surface area contributed by atoms with E-state index < -0.39 is 72.6 Å². The van der Waals surface area contributed by atoms with Crippen LogP contribution in [-0.4, -0.2) is 141 Å². The number of carbonyl (C=O) groups excluding carboxylic acids is 5. The standard InChI is InChI=1S/C37H38FN5O5.C37H36FN5O4.C31H32FN5O4/c1-23(2)34-33(36(48)40-26-9-5-3-6-10-26)32(30-17-19-39-37(42-30)41-27-11-7-4-8-12-27)35(24-13-15-25(38)16-14-24)43(34)20-18-28(44)21-29(45)22-31(46)47;1-23(2)34-33(36(46)40-26-9-5-3-6-10-26)32(30-17-19-39-37(42-30)41-27-11-7-4-8-12-27)35(24-13-15-25(38)16-14-24)43(34)20-18-29-21-28(44)22-31(45)47-29;1-18(2)28-27(30(40)35-21-6-4-3-5-7-21)26(24-12-14-34-31(33)36-24)29(19-8-10-20(32)11-9-19)37(28)15-13-23-16-22(38)17-25(39)41-23/h3-17,19,23,28-29,44-45H,18,20-22H2,1-2H3,(H,40,48)(H,46,47)(H,39,41,42);3-17,19,23,28-29,44H,18,20-22H2,1-2H3,(H,40,46)(H,39,41,42);3-12,14,18,22-23,38H,13,15-17H2,1-2H3,(H,35,40)(H2,33,34,36)/t2*28-,29-;22-,23-/m111/s1. The number of nitrogen functional groups attached to an aromatic ring is 1. The van der Waals surface area contributed by atoms with Crippen LogP contribution in [0, 0.1) is 17.5 Å². The molecule has 31 heteroatoms. The SMILES string of the molecule is CC(C)c1c(C(=O)Nc2ccccc2)c(-c2ccnc(N)n2)c(-c2ccc(F)cc2)n1CC[C@@H]1C[C@@H](O)CC(=O)O1.CC(C)c1c(C(=O)Nc2ccccc2)c(-c2ccnc(Nc3ccccc3)n2)c(-c2ccc(F)cc2)n1CC[C@@H](O)C[C@@H](O)CC(=O)O.CC(C)c1c(C(=O)Nc2ccccc2)c(-c2ccnc(Nc3ccccc3)n2)c(-c2ccc(F)cc2)n1CC[C@@H]1C[C@@H](O)CC(=O)O1. The first kappa shape index (κ1) is 96.7. The summed E-state index contributed by atoms with van der Waals surface area (Å²) in [6, 6.07) is 69.6. The molecule has 2 aliphatic rings. The Hall–Kier alpha value is -15.3. The molecule has 2 saturated heterocycles. The van der Waals surface area contributed by atoms with Gasteiger partial charge in [-0.1, -0.05) is 133 Å². The monoisotopic (exact) mass is 1840 g/mol. The topological polar surface area (TPSA) is 400 Å². The molecule has 0 radical (unpaired) electrons. The average molecular weight is 1840 g/mol. The molecule has 8 aromatic carbocycles.